The summed E-state index contributed by atoms with van der Waals surface area (Å²) in [6.07, 6.45) is 5.12. The van der Waals surface area contributed by atoms with Crippen LogP contribution >= 0.6 is 11.6 Å². The van der Waals surface area contributed by atoms with Crippen molar-refractivity contribution in [2.45, 2.75) is 33.1 Å². The molecular weight excluding hydrogens is 327 g/mol. The van der Waals surface area contributed by atoms with Crippen LogP contribution in [0.4, 0.5) is 4.39 Å². The summed E-state index contributed by atoms with van der Waals surface area (Å²) in [7, 11) is 0. The molecule has 0 unspecified atom stereocenters. The second kappa shape index (κ2) is 5.67. The molecule has 122 valence electrons. The minimum absolute atomic E-state index is 0.291. The number of pyridine rings is 1. The Morgan fingerprint density at radius 1 is 1.17 bits per heavy atom. The lowest BCUT2D eigenvalue weighted by atomic mass is 9.94. The number of nitrogens with zero attached hydrogens (tertiary/aromatic N) is 4. The zero-order valence-corrected chi connectivity index (χ0v) is 14.2. The summed E-state index contributed by atoms with van der Waals surface area (Å²) < 4.78 is 16.1. The fourth-order valence-corrected chi connectivity index (χ4v) is 3.79. The summed E-state index contributed by atoms with van der Waals surface area (Å²) in [5.41, 5.74) is 4.29. The molecule has 0 saturated carbocycles. The number of halogens is 2. The van der Waals surface area contributed by atoms with Crippen molar-refractivity contribution in [3.8, 4) is 16.8 Å². The standard InChI is InChI=1S/C18H16ClFN4/c1-3-11-14(8-21-9-15(11)20)12-4-6-16-13(18(12)19)5-7-17-23-22-10(2)24(16)17/h4,6,8-9H,3,5,7H2,1-2H3. The van der Waals surface area contributed by atoms with Crippen molar-refractivity contribution < 1.29 is 4.39 Å². The van der Waals surface area contributed by atoms with Gasteiger partial charge in [-0.1, -0.05) is 24.6 Å². The minimum atomic E-state index is -0.291. The molecule has 3 aromatic rings. The molecule has 6 heteroatoms. The topological polar surface area (TPSA) is 43.6 Å². The molecule has 0 atom stereocenters. The molecule has 3 heterocycles. The van der Waals surface area contributed by atoms with Crippen molar-refractivity contribution in [1.29, 1.82) is 0 Å². The van der Waals surface area contributed by atoms with Crippen LogP contribution in [0.1, 0.15) is 29.7 Å². The number of hydrogen-bond acceptors (Lipinski definition) is 3. The van der Waals surface area contributed by atoms with E-state index in [1.165, 1.54) is 6.20 Å². The van der Waals surface area contributed by atoms with Crippen LogP contribution in [0.25, 0.3) is 16.8 Å². The van der Waals surface area contributed by atoms with Crippen molar-refractivity contribution >= 4 is 11.6 Å². The van der Waals surface area contributed by atoms with Crippen LogP contribution in [0.2, 0.25) is 5.02 Å². The Morgan fingerprint density at radius 3 is 2.79 bits per heavy atom. The van der Waals surface area contributed by atoms with E-state index in [0.717, 1.165) is 46.9 Å². The molecule has 0 saturated heterocycles. The van der Waals surface area contributed by atoms with E-state index in [4.69, 9.17) is 11.6 Å². The van der Waals surface area contributed by atoms with Crippen LogP contribution in [-0.4, -0.2) is 19.7 Å². The van der Waals surface area contributed by atoms with Crippen molar-refractivity contribution in [2.24, 2.45) is 0 Å². The van der Waals surface area contributed by atoms with Crippen LogP contribution < -0.4 is 0 Å². The number of hydrogen-bond donors (Lipinski definition) is 0. The summed E-state index contributed by atoms with van der Waals surface area (Å²) >= 11 is 6.72. The third-order valence-corrected chi connectivity index (χ3v) is 5.03. The minimum Gasteiger partial charge on any atom is -0.283 e. The highest BCUT2D eigenvalue weighted by Gasteiger charge is 2.24. The zero-order valence-electron chi connectivity index (χ0n) is 13.5. The lowest BCUT2D eigenvalue weighted by molar-refractivity contribution is 0.606. The van der Waals surface area contributed by atoms with E-state index in [1.54, 1.807) is 6.20 Å². The molecule has 4 nitrogen and oxygen atoms in total. The first-order valence-electron chi connectivity index (χ1n) is 7.97. The summed E-state index contributed by atoms with van der Waals surface area (Å²) in [6.45, 7) is 3.86. The zero-order chi connectivity index (χ0) is 16.8. The van der Waals surface area contributed by atoms with Gasteiger partial charge in [-0.25, -0.2) is 4.39 Å². The molecule has 24 heavy (non-hydrogen) atoms. The van der Waals surface area contributed by atoms with Crippen molar-refractivity contribution in [1.82, 2.24) is 19.7 Å². The fourth-order valence-electron chi connectivity index (χ4n) is 3.44. The van der Waals surface area contributed by atoms with Crippen molar-refractivity contribution in [3.05, 3.63) is 58.1 Å². The number of aromatic nitrogens is 4. The Hall–Kier alpha value is -2.27. The van der Waals surface area contributed by atoms with Crippen LogP contribution in [0.5, 0.6) is 0 Å². The maximum absolute atomic E-state index is 14.1. The molecular formula is C18H16ClFN4. The average Bonchev–Trinajstić information content (AvgIpc) is 2.97. The number of rotatable bonds is 2. The van der Waals surface area contributed by atoms with Gasteiger partial charge in [-0.2, -0.15) is 0 Å². The third-order valence-electron chi connectivity index (χ3n) is 4.60. The molecule has 1 aliphatic rings. The van der Waals surface area contributed by atoms with E-state index >= 15 is 0 Å². The van der Waals surface area contributed by atoms with E-state index in [1.807, 2.05) is 30.5 Å². The van der Waals surface area contributed by atoms with Crippen molar-refractivity contribution in [2.75, 3.05) is 0 Å². The van der Waals surface area contributed by atoms with E-state index < -0.39 is 0 Å². The normalized spacial score (nSPS) is 12.8. The third kappa shape index (κ3) is 2.15. The molecule has 0 bridgehead atoms. The molecule has 2 aromatic heterocycles. The van der Waals surface area contributed by atoms with Crippen molar-refractivity contribution in [3.63, 3.8) is 0 Å². The van der Waals surface area contributed by atoms with Gasteiger partial charge in [-0.3, -0.25) is 9.55 Å². The van der Waals surface area contributed by atoms with Gasteiger partial charge in [0.25, 0.3) is 0 Å². The molecule has 1 aliphatic heterocycles. The first-order chi connectivity index (χ1) is 11.6. The summed E-state index contributed by atoms with van der Waals surface area (Å²) in [6, 6.07) is 3.95. The summed E-state index contributed by atoms with van der Waals surface area (Å²) in [5, 5.41) is 9.03. The van der Waals surface area contributed by atoms with E-state index in [-0.39, 0.29) is 5.82 Å². The predicted octanol–water partition coefficient (Wildman–Crippen LogP) is 4.09. The van der Waals surface area contributed by atoms with Gasteiger partial charge in [0.15, 0.2) is 0 Å². The molecule has 1 aromatic carbocycles. The molecule has 4 rings (SSSR count). The fraction of sp³-hybridized carbons (Fsp3) is 0.278. The van der Waals surface area contributed by atoms with Gasteiger partial charge >= 0.3 is 0 Å². The quantitative estimate of drug-likeness (QED) is 0.704. The van der Waals surface area contributed by atoms with E-state index in [9.17, 15) is 4.39 Å². The Balaban J connectivity index is 1.94. The maximum atomic E-state index is 14.1. The SMILES string of the molecule is CCc1c(F)cncc1-c1ccc2c(c1Cl)CCc1nnc(C)n1-2. The highest BCUT2D eigenvalue weighted by Crippen LogP contribution is 2.39. The van der Waals surface area contributed by atoms with Gasteiger partial charge in [0.1, 0.15) is 17.5 Å². The van der Waals surface area contributed by atoms with Crippen LogP contribution in [0.3, 0.4) is 0 Å². The molecule has 0 amide bonds. The van der Waals surface area contributed by atoms with Gasteiger partial charge in [0, 0.05) is 23.7 Å². The largest absolute Gasteiger partial charge is 0.283 e. The first kappa shape index (κ1) is 15.3. The Kier molecular flexibility index (Phi) is 3.61. The highest BCUT2D eigenvalue weighted by molar-refractivity contribution is 6.34. The maximum Gasteiger partial charge on any atom is 0.145 e. The van der Waals surface area contributed by atoms with Crippen LogP contribution in [-0.2, 0) is 19.3 Å². The molecule has 0 fully saturated rings. The van der Waals surface area contributed by atoms with Crippen LogP contribution in [0.15, 0.2) is 24.5 Å². The monoisotopic (exact) mass is 342 g/mol. The predicted molar refractivity (Wildman–Crippen MR) is 91.1 cm³/mol. The molecule has 0 aliphatic carbocycles. The number of benzene rings is 1. The highest BCUT2D eigenvalue weighted by atomic mass is 35.5. The van der Waals surface area contributed by atoms with Crippen LogP contribution in [0, 0.1) is 12.7 Å². The Labute approximate surface area is 144 Å². The van der Waals surface area contributed by atoms with Gasteiger partial charge in [-0.15, -0.1) is 10.2 Å². The van der Waals surface area contributed by atoms with Gasteiger partial charge in [0.2, 0.25) is 0 Å². The molecule has 0 N–H and O–H groups in total. The number of fused-ring (bicyclic) bond motifs is 3. The summed E-state index contributed by atoms with van der Waals surface area (Å²) in [4.78, 5) is 4.01. The van der Waals surface area contributed by atoms with Gasteiger partial charge < -0.3 is 0 Å². The van der Waals surface area contributed by atoms with E-state index in [2.05, 4.69) is 15.2 Å². The second-order valence-corrected chi connectivity index (χ2v) is 6.30. The van der Waals surface area contributed by atoms with E-state index in [0.29, 0.717) is 17.0 Å². The smallest absolute Gasteiger partial charge is 0.145 e. The molecule has 0 spiro atoms. The lowest BCUT2D eigenvalue weighted by Gasteiger charge is -2.22. The van der Waals surface area contributed by atoms with Gasteiger partial charge in [-0.05, 0) is 37.0 Å². The average molecular weight is 343 g/mol. The molecule has 0 radical (unpaired) electrons. The summed E-state index contributed by atoms with van der Waals surface area (Å²) in [5.74, 6) is 1.50. The first-order valence-corrected chi connectivity index (χ1v) is 8.35. The number of aryl methyl sites for hydroxylation is 2. The second-order valence-electron chi connectivity index (χ2n) is 5.92. The Morgan fingerprint density at radius 2 is 2.00 bits per heavy atom. The van der Waals surface area contributed by atoms with Gasteiger partial charge in [0.05, 0.1) is 16.9 Å². The lowest BCUT2D eigenvalue weighted by Crippen LogP contribution is -2.14. The Bertz CT molecular complexity index is 948.